The third-order valence-electron chi connectivity index (χ3n) is 4.77. The molecule has 1 saturated heterocycles. The van der Waals surface area contributed by atoms with Crippen LogP contribution < -0.4 is 9.64 Å². The highest BCUT2D eigenvalue weighted by Gasteiger charge is 2.26. The number of nitro groups is 1. The van der Waals surface area contributed by atoms with Crippen molar-refractivity contribution in [1.29, 1.82) is 0 Å². The van der Waals surface area contributed by atoms with Crippen molar-refractivity contribution >= 4 is 11.6 Å². The molecule has 3 rings (SSSR count). The number of hydrogen-bond donors (Lipinski definition) is 0. The zero-order valence-corrected chi connectivity index (χ0v) is 15.8. The molecule has 0 radical (unpaired) electrons. The van der Waals surface area contributed by atoms with Crippen LogP contribution in [0.15, 0.2) is 24.3 Å². The minimum absolute atomic E-state index is 0.0368. The average Bonchev–Trinajstić information content (AvgIpc) is 2.68. The van der Waals surface area contributed by atoms with Crippen LogP contribution in [-0.2, 0) is 4.74 Å². The number of rotatable bonds is 6. The monoisotopic (exact) mass is 372 g/mol. The van der Waals surface area contributed by atoms with Gasteiger partial charge in [0, 0.05) is 13.1 Å². The summed E-state index contributed by atoms with van der Waals surface area (Å²) in [4.78, 5) is 21.6. The molecule has 1 aromatic heterocycles. The van der Waals surface area contributed by atoms with Gasteiger partial charge in [0.2, 0.25) is 5.95 Å². The first-order valence-corrected chi connectivity index (χ1v) is 9.13. The Morgan fingerprint density at radius 3 is 2.52 bits per heavy atom. The molecular formula is C19H24N4O4. The Morgan fingerprint density at radius 1 is 1.26 bits per heavy atom. The summed E-state index contributed by atoms with van der Waals surface area (Å²) in [6.07, 6.45) is 1.04. The lowest BCUT2D eigenvalue weighted by Crippen LogP contribution is -2.37. The predicted molar refractivity (Wildman–Crippen MR) is 102 cm³/mol. The van der Waals surface area contributed by atoms with E-state index in [1.807, 2.05) is 29.2 Å². The molecule has 0 saturated carbocycles. The molecule has 8 heteroatoms. The Labute approximate surface area is 158 Å². The van der Waals surface area contributed by atoms with E-state index >= 15 is 0 Å². The molecule has 1 fully saturated rings. The fourth-order valence-electron chi connectivity index (χ4n) is 2.92. The first kappa shape index (κ1) is 19.0. The van der Waals surface area contributed by atoms with Gasteiger partial charge in [-0.1, -0.05) is 26.0 Å². The van der Waals surface area contributed by atoms with Gasteiger partial charge in [-0.25, -0.2) is 4.98 Å². The van der Waals surface area contributed by atoms with Gasteiger partial charge in [-0.05, 0) is 37.0 Å². The standard InChI is InChI=1S/C19H24N4O4/c1-4-13(2)15-5-7-16(8-6-15)27-18-17(23(24)25)14(3)20-19(21-18)22-9-11-26-12-10-22/h5-8,13H,4,9-12H2,1-3H3. The number of morpholine rings is 1. The Hall–Kier alpha value is -2.74. The summed E-state index contributed by atoms with van der Waals surface area (Å²) in [5, 5.41) is 11.5. The average molecular weight is 372 g/mol. The second-order valence-electron chi connectivity index (χ2n) is 6.60. The zero-order chi connectivity index (χ0) is 19.4. The molecule has 2 aromatic rings. The van der Waals surface area contributed by atoms with E-state index in [0.29, 0.717) is 43.9 Å². The van der Waals surface area contributed by atoms with Crippen molar-refractivity contribution in [1.82, 2.24) is 9.97 Å². The molecule has 144 valence electrons. The van der Waals surface area contributed by atoms with Crippen LogP contribution in [-0.4, -0.2) is 41.2 Å². The van der Waals surface area contributed by atoms with Gasteiger partial charge in [0.05, 0.1) is 18.1 Å². The van der Waals surface area contributed by atoms with Crippen LogP contribution in [0.3, 0.4) is 0 Å². The van der Waals surface area contributed by atoms with E-state index in [9.17, 15) is 10.1 Å². The second kappa shape index (κ2) is 8.30. The topological polar surface area (TPSA) is 90.6 Å². The second-order valence-corrected chi connectivity index (χ2v) is 6.60. The van der Waals surface area contributed by atoms with Gasteiger partial charge < -0.3 is 14.4 Å². The van der Waals surface area contributed by atoms with E-state index in [1.54, 1.807) is 6.92 Å². The van der Waals surface area contributed by atoms with E-state index in [-0.39, 0.29) is 17.3 Å². The Morgan fingerprint density at radius 2 is 1.93 bits per heavy atom. The van der Waals surface area contributed by atoms with Crippen LogP contribution >= 0.6 is 0 Å². The number of hydrogen-bond acceptors (Lipinski definition) is 7. The van der Waals surface area contributed by atoms with Crippen molar-refractivity contribution in [3.8, 4) is 11.6 Å². The Balaban J connectivity index is 1.92. The molecule has 1 aliphatic rings. The first-order valence-electron chi connectivity index (χ1n) is 9.13. The van der Waals surface area contributed by atoms with Crippen molar-refractivity contribution in [2.45, 2.75) is 33.1 Å². The van der Waals surface area contributed by atoms with E-state index in [2.05, 4.69) is 23.8 Å². The fourth-order valence-corrected chi connectivity index (χ4v) is 2.92. The van der Waals surface area contributed by atoms with Crippen LogP contribution in [0.4, 0.5) is 11.6 Å². The third-order valence-corrected chi connectivity index (χ3v) is 4.77. The maximum Gasteiger partial charge on any atom is 0.352 e. The molecular weight excluding hydrogens is 348 g/mol. The lowest BCUT2D eigenvalue weighted by Gasteiger charge is -2.27. The summed E-state index contributed by atoms with van der Waals surface area (Å²) in [6, 6.07) is 7.59. The third kappa shape index (κ3) is 4.33. The molecule has 1 unspecified atom stereocenters. The largest absolute Gasteiger partial charge is 0.434 e. The van der Waals surface area contributed by atoms with Crippen LogP contribution in [0.1, 0.15) is 37.4 Å². The molecule has 2 heterocycles. The highest BCUT2D eigenvalue weighted by atomic mass is 16.6. The number of nitrogens with zero attached hydrogens (tertiary/aromatic N) is 4. The van der Waals surface area contributed by atoms with Gasteiger partial charge in [-0.2, -0.15) is 4.98 Å². The van der Waals surface area contributed by atoms with Gasteiger partial charge in [-0.15, -0.1) is 0 Å². The van der Waals surface area contributed by atoms with Gasteiger partial charge in [0.1, 0.15) is 11.4 Å². The van der Waals surface area contributed by atoms with E-state index < -0.39 is 4.92 Å². The summed E-state index contributed by atoms with van der Waals surface area (Å²) in [5.41, 5.74) is 1.27. The SMILES string of the molecule is CCC(C)c1ccc(Oc2nc(N3CCOCC3)nc(C)c2[N+](=O)[O-])cc1. The van der Waals surface area contributed by atoms with Gasteiger partial charge >= 0.3 is 11.6 Å². The minimum atomic E-state index is -0.499. The van der Waals surface area contributed by atoms with Crippen LogP contribution in [0, 0.1) is 17.0 Å². The summed E-state index contributed by atoms with van der Waals surface area (Å²) in [7, 11) is 0. The number of benzene rings is 1. The fraction of sp³-hybridized carbons (Fsp3) is 0.474. The molecule has 8 nitrogen and oxygen atoms in total. The normalized spacial score (nSPS) is 15.4. The first-order chi connectivity index (χ1) is 13.0. The number of aryl methyl sites for hydroxylation is 1. The molecule has 1 aromatic carbocycles. The van der Waals surface area contributed by atoms with Gasteiger partial charge in [0.15, 0.2) is 0 Å². The summed E-state index contributed by atoms with van der Waals surface area (Å²) >= 11 is 0. The van der Waals surface area contributed by atoms with Crippen LogP contribution in [0.25, 0.3) is 0 Å². The lowest BCUT2D eigenvalue weighted by molar-refractivity contribution is -0.386. The van der Waals surface area contributed by atoms with Gasteiger partial charge in [0.25, 0.3) is 0 Å². The molecule has 0 aliphatic carbocycles. The lowest BCUT2D eigenvalue weighted by atomic mass is 9.99. The Kier molecular flexibility index (Phi) is 5.85. The molecule has 0 spiro atoms. The summed E-state index contributed by atoms with van der Waals surface area (Å²) in [5.74, 6) is 1.34. The van der Waals surface area contributed by atoms with E-state index in [4.69, 9.17) is 9.47 Å². The number of aromatic nitrogens is 2. The van der Waals surface area contributed by atoms with Crippen molar-refractivity contribution in [3.63, 3.8) is 0 Å². The quantitative estimate of drug-likeness (QED) is 0.562. The maximum absolute atomic E-state index is 11.5. The molecule has 0 bridgehead atoms. The molecule has 0 amide bonds. The minimum Gasteiger partial charge on any atom is -0.434 e. The van der Waals surface area contributed by atoms with E-state index in [0.717, 1.165) is 6.42 Å². The predicted octanol–water partition coefficient (Wildman–Crippen LogP) is 3.84. The number of anilines is 1. The van der Waals surface area contributed by atoms with Gasteiger partial charge in [-0.3, -0.25) is 10.1 Å². The Bertz CT molecular complexity index is 804. The highest BCUT2D eigenvalue weighted by Crippen LogP contribution is 2.34. The van der Waals surface area contributed by atoms with Crippen molar-refractivity contribution in [2.24, 2.45) is 0 Å². The summed E-state index contributed by atoms with van der Waals surface area (Å²) in [6.45, 7) is 8.32. The molecule has 27 heavy (non-hydrogen) atoms. The number of ether oxygens (including phenoxy) is 2. The molecule has 1 atom stereocenters. The molecule has 1 aliphatic heterocycles. The maximum atomic E-state index is 11.5. The van der Waals surface area contributed by atoms with Crippen molar-refractivity contribution in [3.05, 3.63) is 45.6 Å². The van der Waals surface area contributed by atoms with Crippen molar-refractivity contribution in [2.75, 3.05) is 31.2 Å². The smallest absolute Gasteiger partial charge is 0.352 e. The zero-order valence-electron chi connectivity index (χ0n) is 15.8. The summed E-state index contributed by atoms with van der Waals surface area (Å²) < 4.78 is 11.1. The van der Waals surface area contributed by atoms with Crippen LogP contribution in [0.5, 0.6) is 11.6 Å². The van der Waals surface area contributed by atoms with E-state index in [1.165, 1.54) is 5.56 Å². The highest BCUT2D eigenvalue weighted by molar-refractivity contribution is 5.51. The van der Waals surface area contributed by atoms with Crippen LogP contribution in [0.2, 0.25) is 0 Å². The van der Waals surface area contributed by atoms with Crippen molar-refractivity contribution < 1.29 is 14.4 Å². The molecule has 0 N–H and O–H groups in total.